The highest BCUT2D eigenvalue weighted by molar-refractivity contribution is 7.66. The summed E-state index contributed by atoms with van der Waals surface area (Å²) in [5.74, 6) is 0. The third kappa shape index (κ3) is 5.93. The highest BCUT2D eigenvalue weighted by Crippen LogP contribution is 2.46. The second-order valence-corrected chi connectivity index (χ2v) is 16.8. The number of benzene rings is 3. The van der Waals surface area contributed by atoms with Gasteiger partial charge in [-0.3, -0.25) is 0 Å². The van der Waals surface area contributed by atoms with Crippen LogP contribution >= 0.6 is 23.8 Å². The molecule has 4 heteroatoms. The largest absolute Gasteiger partial charge is 0.309 e. The molecule has 0 aliphatic heterocycles. The van der Waals surface area contributed by atoms with E-state index in [1.807, 2.05) is 0 Å². The van der Waals surface area contributed by atoms with Gasteiger partial charge in [0.15, 0.2) is 0 Å². The van der Waals surface area contributed by atoms with Crippen molar-refractivity contribution in [3.63, 3.8) is 0 Å². The zero-order chi connectivity index (χ0) is 24.5. The van der Waals surface area contributed by atoms with Crippen molar-refractivity contribution in [2.45, 2.75) is 41.5 Å². The number of anilines is 3. The maximum Gasteiger partial charge on any atom is 0.0538 e. The molecule has 182 valence electrons. The number of hydrogen-bond acceptors (Lipinski definition) is 1. The summed E-state index contributed by atoms with van der Waals surface area (Å²) in [6, 6.07) is 27.8. The van der Waals surface area contributed by atoms with Crippen LogP contribution in [-0.2, 0) is 0 Å². The Morgan fingerprint density at radius 3 is 0.882 bits per heavy atom. The van der Waals surface area contributed by atoms with Crippen molar-refractivity contribution in [3.8, 4) is 0 Å². The molecule has 0 saturated heterocycles. The number of nitrogens with zero attached hydrogens (tertiary/aromatic N) is 1. The normalized spacial score (nSPS) is 11.6. The Bertz CT molecular complexity index is 891. The van der Waals surface area contributed by atoms with Crippen molar-refractivity contribution in [2.75, 3.05) is 41.9 Å². The molecule has 0 N–H and O–H groups in total. The lowest BCUT2D eigenvalue weighted by Crippen LogP contribution is -2.27. The Labute approximate surface area is 212 Å². The Morgan fingerprint density at radius 1 is 0.412 bits per heavy atom. The SMILES string of the molecule is CCP(CC)c1ccccc1N(c1ccccc1P(CC)CC)c1ccccc1P(CC)CC. The molecule has 0 atom stereocenters. The predicted octanol–water partition coefficient (Wildman–Crippen LogP) is 8.60. The van der Waals surface area contributed by atoms with Crippen molar-refractivity contribution in [1.29, 1.82) is 0 Å². The first-order valence-corrected chi connectivity index (χ1v) is 18.1. The van der Waals surface area contributed by atoms with Crippen molar-refractivity contribution >= 4 is 56.7 Å². The van der Waals surface area contributed by atoms with Crippen LogP contribution in [0, 0.1) is 0 Å². The monoisotopic (exact) mass is 509 g/mol. The molecule has 0 unspecified atom stereocenters. The summed E-state index contributed by atoms with van der Waals surface area (Å²) >= 11 is 0. The minimum Gasteiger partial charge on any atom is -0.309 e. The summed E-state index contributed by atoms with van der Waals surface area (Å²) < 4.78 is 0. The third-order valence-corrected chi connectivity index (χ3v) is 14.4. The van der Waals surface area contributed by atoms with E-state index in [4.69, 9.17) is 0 Å². The van der Waals surface area contributed by atoms with Crippen LogP contribution in [0.1, 0.15) is 41.5 Å². The maximum absolute atomic E-state index is 2.65. The summed E-state index contributed by atoms with van der Waals surface area (Å²) in [4.78, 5) is 2.65. The van der Waals surface area contributed by atoms with E-state index in [0.29, 0.717) is 0 Å². The third-order valence-electron chi connectivity index (χ3n) is 6.68. The zero-order valence-corrected chi connectivity index (χ0v) is 24.6. The second-order valence-electron chi connectivity index (χ2n) is 8.32. The van der Waals surface area contributed by atoms with E-state index in [1.165, 1.54) is 54.0 Å². The minimum absolute atomic E-state index is 0.181. The Morgan fingerprint density at radius 2 is 0.647 bits per heavy atom. The first-order chi connectivity index (χ1) is 16.6. The molecule has 0 aromatic heterocycles. The topological polar surface area (TPSA) is 3.24 Å². The van der Waals surface area contributed by atoms with Gasteiger partial charge in [0.1, 0.15) is 0 Å². The maximum atomic E-state index is 2.65. The molecule has 0 aliphatic rings. The van der Waals surface area contributed by atoms with Crippen LogP contribution in [0.15, 0.2) is 72.8 Å². The molecule has 0 amide bonds. The second kappa shape index (κ2) is 13.7. The molecule has 3 rings (SSSR count). The van der Waals surface area contributed by atoms with Crippen molar-refractivity contribution in [3.05, 3.63) is 72.8 Å². The van der Waals surface area contributed by atoms with E-state index in [9.17, 15) is 0 Å². The van der Waals surface area contributed by atoms with Gasteiger partial charge < -0.3 is 4.90 Å². The molecule has 0 spiro atoms. The van der Waals surface area contributed by atoms with E-state index < -0.39 is 0 Å². The van der Waals surface area contributed by atoms with Gasteiger partial charge in [-0.25, -0.2) is 0 Å². The molecule has 34 heavy (non-hydrogen) atoms. The standard InChI is InChI=1S/C30H42NP3/c1-7-32(8-2)28-22-16-13-19-25(28)31(26-20-14-17-23-29(26)33(9-3)10-4)27-21-15-18-24-30(27)34(11-5)12-6/h13-24H,7-12H2,1-6H3. The van der Waals surface area contributed by atoms with Crippen LogP contribution < -0.4 is 20.8 Å². The molecule has 0 bridgehead atoms. The number of hydrogen-bond donors (Lipinski definition) is 0. The van der Waals surface area contributed by atoms with Gasteiger partial charge in [-0.2, -0.15) is 0 Å². The molecular weight excluding hydrogens is 467 g/mol. The first-order valence-electron chi connectivity index (χ1n) is 13.0. The van der Waals surface area contributed by atoms with Crippen molar-refractivity contribution in [2.24, 2.45) is 0 Å². The zero-order valence-electron chi connectivity index (χ0n) is 22.0. The fraction of sp³-hybridized carbons (Fsp3) is 0.400. The van der Waals surface area contributed by atoms with Crippen LogP contribution in [0.2, 0.25) is 0 Å². The van der Waals surface area contributed by atoms with Crippen LogP contribution in [0.5, 0.6) is 0 Å². The lowest BCUT2D eigenvalue weighted by Gasteiger charge is -2.35. The minimum atomic E-state index is -0.181. The van der Waals surface area contributed by atoms with Gasteiger partial charge in [-0.05, 0) is 71.1 Å². The molecule has 3 aromatic rings. The molecule has 0 heterocycles. The molecule has 0 radical (unpaired) electrons. The van der Waals surface area contributed by atoms with Crippen LogP contribution in [0.4, 0.5) is 17.1 Å². The van der Waals surface area contributed by atoms with Gasteiger partial charge in [-0.1, -0.05) is 120 Å². The predicted molar refractivity (Wildman–Crippen MR) is 164 cm³/mol. The van der Waals surface area contributed by atoms with Gasteiger partial charge in [-0.15, -0.1) is 0 Å². The summed E-state index contributed by atoms with van der Waals surface area (Å²) in [5.41, 5.74) is 4.17. The molecule has 1 nitrogen and oxygen atoms in total. The summed E-state index contributed by atoms with van der Waals surface area (Å²) in [5, 5.41) is 4.63. The van der Waals surface area contributed by atoms with E-state index in [-0.39, 0.29) is 23.8 Å². The molecule has 0 aliphatic carbocycles. The molecule has 0 fully saturated rings. The van der Waals surface area contributed by atoms with Crippen LogP contribution in [0.3, 0.4) is 0 Å². The quantitative estimate of drug-likeness (QED) is 0.221. The average Bonchev–Trinajstić information content (AvgIpc) is 2.89. The molecule has 0 saturated carbocycles. The van der Waals surface area contributed by atoms with E-state index >= 15 is 0 Å². The van der Waals surface area contributed by atoms with Gasteiger partial charge in [0.25, 0.3) is 0 Å². The van der Waals surface area contributed by atoms with Crippen LogP contribution in [-0.4, -0.2) is 37.0 Å². The Kier molecular flexibility index (Phi) is 11.0. The summed E-state index contributed by atoms with van der Waals surface area (Å²) in [6.07, 6.45) is 7.38. The lowest BCUT2D eigenvalue weighted by molar-refractivity contribution is 1.30. The summed E-state index contributed by atoms with van der Waals surface area (Å²) in [6.45, 7) is 14.2. The number of para-hydroxylation sites is 3. The van der Waals surface area contributed by atoms with E-state index in [2.05, 4.69) is 119 Å². The first kappa shape index (κ1) is 27.3. The van der Waals surface area contributed by atoms with Crippen molar-refractivity contribution < 1.29 is 0 Å². The highest BCUT2D eigenvalue weighted by Gasteiger charge is 2.26. The lowest BCUT2D eigenvalue weighted by atomic mass is 10.2. The molecular formula is C30H42NP3. The highest BCUT2D eigenvalue weighted by atomic mass is 31.1. The van der Waals surface area contributed by atoms with Gasteiger partial charge in [0, 0.05) is 0 Å². The van der Waals surface area contributed by atoms with Gasteiger partial charge in [0.05, 0.1) is 17.1 Å². The number of rotatable bonds is 12. The Hall–Kier alpha value is -1.25. The van der Waals surface area contributed by atoms with Gasteiger partial charge >= 0.3 is 0 Å². The molecule has 3 aromatic carbocycles. The average molecular weight is 510 g/mol. The summed E-state index contributed by atoms with van der Waals surface area (Å²) in [7, 11) is -0.542. The van der Waals surface area contributed by atoms with Gasteiger partial charge in [0.2, 0.25) is 0 Å². The van der Waals surface area contributed by atoms with E-state index in [0.717, 1.165) is 0 Å². The Balaban J connectivity index is 2.37. The smallest absolute Gasteiger partial charge is 0.0538 e. The van der Waals surface area contributed by atoms with Crippen LogP contribution in [0.25, 0.3) is 0 Å². The fourth-order valence-corrected chi connectivity index (χ4v) is 10.6. The van der Waals surface area contributed by atoms with Crippen molar-refractivity contribution in [1.82, 2.24) is 0 Å². The fourth-order valence-electron chi connectivity index (χ4n) is 4.84. The van der Waals surface area contributed by atoms with E-state index in [1.54, 1.807) is 15.9 Å².